The molecular weight excluding hydrogens is 424 g/mol. The first-order valence-electron chi connectivity index (χ1n) is 8.66. The predicted octanol–water partition coefficient (Wildman–Crippen LogP) is 5.47. The number of amides is 1. The highest BCUT2D eigenvalue weighted by Crippen LogP contribution is 2.34. The van der Waals surface area contributed by atoms with Gasteiger partial charge >= 0.3 is 0 Å². The maximum Gasteiger partial charge on any atom is 0.268 e. The van der Waals surface area contributed by atoms with Crippen LogP contribution in [0.3, 0.4) is 0 Å². The van der Waals surface area contributed by atoms with Crippen molar-refractivity contribution in [3.05, 3.63) is 50.0 Å². The summed E-state index contributed by atoms with van der Waals surface area (Å²) in [7, 11) is 1.84. The van der Waals surface area contributed by atoms with Gasteiger partial charge in [0.05, 0.1) is 16.4 Å². The molecule has 2 aromatic heterocycles. The SMILES string of the molecule is Cc1nc(C(C)(C)C)sc1C(=O)Nc1c(-c2ccc(Br)cc2)c(C)nn1C. The second-order valence-electron chi connectivity index (χ2n) is 7.58. The smallest absolute Gasteiger partial charge is 0.268 e. The summed E-state index contributed by atoms with van der Waals surface area (Å²) in [6.07, 6.45) is 0. The fraction of sp³-hybridized carbons (Fsp3) is 0.350. The Morgan fingerprint density at radius 2 is 1.78 bits per heavy atom. The standard InChI is InChI=1S/C20H23BrN4OS/c1-11-15(13-7-9-14(21)10-8-13)17(25(6)24-11)23-18(26)16-12(2)22-19(27-16)20(3,4)5/h7-10H,1-6H3,(H,23,26). The molecular formula is C20H23BrN4OS. The third-order valence-corrected chi connectivity index (χ3v) is 6.34. The van der Waals surface area contributed by atoms with Crippen LogP contribution >= 0.6 is 27.3 Å². The van der Waals surface area contributed by atoms with E-state index in [0.29, 0.717) is 10.7 Å². The number of halogens is 1. The lowest BCUT2D eigenvalue weighted by atomic mass is 9.98. The maximum atomic E-state index is 13.0. The largest absolute Gasteiger partial charge is 0.305 e. The first kappa shape index (κ1) is 19.8. The van der Waals surface area contributed by atoms with Crippen molar-refractivity contribution in [2.24, 2.45) is 7.05 Å². The number of aromatic nitrogens is 3. The summed E-state index contributed by atoms with van der Waals surface area (Å²) in [6, 6.07) is 7.99. The van der Waals surface area contributed by atoms with Crippen LogP contribution in [0.2, 0.25) is 0 Å². The summed E-state index contributed by atoms with van der Waals surface area (Å²) in [6.45, 7) is 10.1. The first-order valence-corrected chi connectivity index (χ1v) is 10.3. The molecule has 3 aromatic rings. The van der Waals surface area contributed by atoms with Gasteiger partial charge < -0.3 is 5.32 Å². The lowest BCUT2D eigenvalue weighted by Gasteiger charge is -2.13. The van der Waals surface area contributed by atoms with Gasteiger partial charge in [-0.1, -0.05) is 48.8 Å². The number of benzene rings is 1. The number of aryl methyl sites for hydroxylation is 3. The van der Waals surface area contributed by atoms with E-state index in [9.17, 15) is 4.79 Å². The predicted molar refractivity (Wildman–Crippen MR) is 115 cm³/mol. The van der Waals surface area contributed by atoms with Crippen molar-refractivity contribution < 1.29 is 4.79 Å². The van der Waals surface area contributed by atoms with Crippen molar-refractivity contribution >= 4 is 39.0 Å². The molecule has 142 valence electrons. The van der Waals surface area contributed by atoms with Crippen molar-refractivity contribution in [1.82, 2.24) is 14.8 Å². The molecule has 1 amide bonds. The molecule has 0 aliphatic carbocycles. The highest BCUT2D eigenvalue weighted by molar-refractivity contribution is 9.10. The minimum absolute atomic E-state index is 0.0837. The lowest BCUT2D eigenvalue weighted by molar-refractivity contribution is 0.102. The van der Waals surface area contributed by atoms with Crippen LogP contribution in [-0.2, 0) is 12.5 Å². The Kier molecular flexibility index (Phi) is 5.27. The third-order valence-electron chi connectivity index (χ3n) is 4.23. The van der Waals surface area contributed by atoms with Crippen molar-refractivity contribution in [2.75, 3.05) is 5.32 Å². The molecule has 0 saturated heterocycles. The number of carbonyl (C=O) groups is 1. The van der Waals surface area contributed by atoms with Gasteiger partial charge in [-0.15, -0.1) is 11.3 Å². The number of hydrogen-bond acceptors (Lipinski definition) is 4. The summed E-state index contributed by atoms with van der Waals surface area (Å²) >= 11 is 4.91. The molecule has 7 heteroatoms. The van der Waals surface area contributed by atoms with E-state index in [1.165, 1.54) is 11.3 Å². The maximum absolute atomic E-state index is 13.0. The van der Waals surface area contributed by atoms with Crippen LogP contribution < -0.4 is 5.32 Å². The second kappa shape index (κ2) is 7.20. The van der Waals surface area contributed by atoms with Gasteiger partial charge in [-0.25, -0.2) is 4.98 Å². The molecule has 0 aliphatic rings. The van der Waals surface area contributed by atoms with E-state index in [1.807, 2.05) is 45.2 Å². The summed E-state index contributed by atoms with van der Waals surface area (Å²) in [5.74, 6) is 0.534. The van der Waals surface area contributed by atoms with Gasteiger partial charge in [-0.3, -0.25) is 9.48 Å². The Morgan fingerprint density at radius 1 is 1.15 bits per heavy atom. The first-order chi connectivity index (χ1) is 12.6. The van der Waals surface area contributed by atoms with Gasteiger partial charge in [0.1, 0.15) is 10.7 Å². The minimum Gasteiger partial charge on any atom is -0.305 e. The van der Waals surface area contributed by atoms with Gasteiger partial charge in [0, 0.05) is 22.5 Å². The second-order valence-corrected chi connectivity index (χ2v) is 9.49. The summed E-state index contributed by atoms with van der Waals surface area (Å²) in [5.41, 5.74) is 3.48. The van der Waals surface area contributed by atoms with E-state index in [1.54, 1.807) is 4.68 Å². The Morgan fingerprint density at radius 3 is 2.33 bits per heavy atom. The van der Waals surface area contributed by atoms with Crippen molar-refractivity contribution in [3.8, 4) is 11.1 Å². The fourth-order valence-electron chi connectivity index (χ4n) is 2.86. The Labute approximate surface area is 172 Å². The van der Waals surface area contributed by atoms with Crippen LogP contribution in [0, 0.1) is 13.8 Å². The molecule has 5 nitrogen and oxygen atoms in total. The lowest BCUT2D eigenvalue weighted by Crippen LogP contribution is -2.15. The van der Waals surface area contributed by atoms with Crippen molar-refractivity contribution in [2.45, 2.75) is 40.0 Å². The summed E-state index contributed by atoms with van der Waals surface area (Å²) in [4.78, 5) is 18.2. The van der Waals surface area contributed by atoms with Crippen molar-refractivity contribution in [1.29, 1.82) is 0 Å². The molecule has 1 N–H and O–H groups in total. The number of thiazole rings is 1. The molecule has 0 radical (unpaired) electrons. The van der Waals surface area contributed by atoms with E-state index in [2.05, 4.69) is 52.1 Å². The molecule has 0 bridgehead atoms. The van der Waals surface area contributed by atoms with Gasteiger partial charge in [0.25, 0.3) is 5.91 Å². The van der Waals surface area contributed by atoms with Crippen LogP contribution in [0.1, 0.15) is 46.8 Å². The molecule has 1 aromatic carbocycles. The fourth-order valence-corrected chi connectivity index (χ4v) is 4.14. The zero-order valence-corrected chi connectivity index (χ0v) is 18.7. The highest BCUT2D eigenvalue weighted by atomic mass is 79.9. The molecule has 2 heterocycles. The van der Waals surface area contributed by atoms with E-state index in [0.717, 1.165) is 32.0 Å². The third kappa shape index (κ3) is 3.99. The number of nitrogens with one attached hydrogen (secondary N) is 1. The van der Waals surface area contributed by atoms with E-state index in [4.69, 9.17) is 0 Å². The molecule has 27 heavy (non-hydrogen) atoms. The molecule has 0 saturated carbocycles. The van der Waals surface area contributed by atoms with Crippen LogP contribution in [0.15, 0.2) is 28.7 Å². The highest BCUT2D eigenvalue weighted by Gasteiger charge is 2.25. The number of nitrogens with zero attached hydrogens (tertiary/aromatic N) is 3. The average Bonchev–Trinajstić information content (AvgIpc) is 3.09. The molecule has 0 fully saturated rings. The van der Waals surface area contributed by atoms with Crippen LogP contribution in [0.25, 0.3) is 11.1 Å². The normalized spacial score (nSPS) is 11.7. The number of carbonyl (C=O) groups excluding carboxylic acids is 1. The zero-order chi connectivity index (χ0) is 19.9. The molecule has 0 atom stereocenters. The average molecular weight is 447 g/mol. The number of anilines is 1. The monoisotopic (exact) mass is 446 g/mol. The Bertz CT molecular complexity index is 996. The molecule has 0 spiro atoms. The number of rotatable bonds is 3. The summed E-state index contributed by atoms with van der Waals surface area (Å²) in [5, 5.41) is 8.51. The van der Waals surface area contributed by atoms with Crippen molar-refractivity contribution in [3.63, 3.8) is 0 Å². The van der Waals surface area contributed by atoms with Gasteiger partial charge in [0.15, 0.2) is 0 Å². The van der Waals surface area contributed by atoms with E-state index < -0.39 is 0 Å². The van der Waals surface area contributed by atoms with E-state index in [-0.39, 0.29) is 11.3 Å². The zero-order valence-electron chi connectivity index (χ0n) is 16.3. The minimum atomic E-state index is -0.151. The van der Waals surface area contributed by atoms with Gasteiger partial charge in [0.2, 0.25) is 0 Å². The topological polar surface area (TPSA) is 59.8 Å². The van der Waals surface area contributed by atoms with E-state index >= 15 is 0 Å². The summed E-state index contributed by atoms with van der Waals surface area (Å²) < 4.78 is 2.72. The molecule has 0 unspecified atom stereocenters. The van der Waals surface area contributed by atoms with Gasteiger partial charge in [-0.05, 0) is 31.5 Å². The Balaban J connectivity index is 1.98. The van der Waals surface area contributed by atoms with Crippen LogP contribution in [0.5, 0.6) is 0 Å². The number of hydrogen-bond donors (Lipinski definition) is 1. The molecule has 3 rings (SSSR count). The molecule has 0 aliphatic heterocycles. The van der Waals surface area contributed by atoms with Crippen LogP contribution in [-0.4, -0.2) is 20.7 Å². The quantitative estimate of drug-likeness (QED) is 0.579. The Hall–Kier alpha value is -1.99. The van der Waals surface area contributed by atoms with Gasteiger partial charge in [-0.2, -0.15) is 5.10 Å². The van der Waals surface area contributed by atoms with Crippen LogP contribution in [0.4, 0.5) is 5.82 Å².